The smallest absolute Gasteiger partial charge is 0.420 e. The summed E-state index contributed by atoms with van der Waals surface area (Å²) < 4.78 is 134. The molecule has 43 heavy (non-hydrogen) atoms. The van der Waals surface area contributed by atoms with Crippen molar-refractivity contribution in [3.05, 3.63) is 95.6 Å². The third kappa shape index (κ3) is 5.64. The van der Waals surface area contributed by atoms with E-state index in [1.165, 1.54) is 6.07 Å². The number of para-hydroxylation sites is 1. The minimum atomic E-state index is -5.74. The van der Waals surface area contributed by atoms with Crippen LogP contribution in [0.1, 0.15) is 16.7 Å². The minimum absolute atomic E-state index is 0. The number of aromatic nitrogens is 2. The number of hydrogen-bond acceptors (Lipinski definition) is 4. The summed E-state index contributed by atoms with van der Waals surface area (Å²) in [5, 5.41) is 9.87. The summed E-state index contributed by atoms with van der Waals surface area (Å²) in [5.74, 6) is -2.09. The Morgan fingerprint density at radius 1 is 0.628 bits per heavy atom. The van der Waals surface area contributed by atoms with Gasteiger partial charge in [-0.25, -0.2) is 0 Å². The summed E-state index contributed by atoms with van der Waals surface area (Å²) in [7, 11) is 0. The van der Waals surface area contributed by atoms with Crippen LogP contribution in [0.25, 0.3) is 44.0 Å². The quantitative estimate of drug-likeness (QED) is 0.102. The first kappa shape index (κ1) is 30.3. The van der Waals surface area contributed by atoms with Gasteiger partial charge in [-0.05, 0) is 34.4 Å². The molecule has 14 heteroatoms. The Kier molecular flexibility index (Phi) is 7.42. The molecular formula is C29H12F9IrN2O2-. The molecule has 1 radical (unpaired) electrons. The maximum atomic E-state index is 13.9. The number of ether oxygens (including phenoxy) is 1. The van der Waals surface area contributed by atoms with Crippen LogP contribution >= 0.6 is 0 Å². The van der Waals surface area contributed by atoms with Crippen molar-refractivity contribution in [2.75, 3.05) is 0 Å². The number of furan rings is 1. The minimum Gasteiger partial charge on any atom is -0.518 e. The summed E-state index contributed by atoms with van der Waals surface area (Å²) in [6.07, 6.45) is -16.9. The number of hydrogen-bond donors (Lipinski definition) is 0. The molecule has 0 aliphatic heterocycles. The van der Waals surface area contributed by atoms with Crippen molar-refractivity contribution < 1.29 is 68.8 Å². The Morgan fingerprint density at radius 3 is 1.79 bits per heavy atom. The molecule has 0 N–H and O–H groups in total. The van der Waals surface area contributed by atoms with E-state index in [1.807, 2.05) is 0 Å². The molecule has 4 nitrogen and oxygen atoms in total. The van der Waals surface area contributed by atoms with Crippen molar-refractivity contribution in [3.8, 4) is 23.1 Å². The molecule has 0 saturated heterocycles. The summed E-state index contributed by atoms with van der Waals surface area (Å²) in [6, 6.07) is 18.7. The van der Waals surface area contributed by atoms with Crippen LogP contribution in [-0.4, -0.2) is 10.2 Å². The van der Waals surface area contributed by atoms with Gasteiger partial charge in [-0.15, -0.1) is 22.6 Å². The third-order valence-corrected chi connectivity index (χ3v) is 6.42. The topological polar surface area (TPSA) is 48.2 Å². The first-order chi connectivity index (χ1) is 19.7. The standard InChI is InChI=1S/C29H12F9N2O2.Ir/c30-27(31,32)19-12-21(29(36,37)38)23(13-20(19)28(33,34)35)42-26-18-10-15-6-2-1-5-14(15)9-17(18)25(39-40-26)24-11-16-7-3-4-8-22(16)41-24;/h1-10,12-13H;/q-1;. The molecule has 0 unspecified atom stereocenters. The van der Waals surface area contributed by atoms with Crippen molar-refractivity contribution in [2.24, 2.45) is 0 Å². The summed E-state index contributed by atoms with van der Waals surface area (Å²) >= 11 is 0. The van der Waals surface area contributed by atoms with Crippen molar-refractivity contribution in [1.82, 2.24) is 10.2 Å². The van der Waals surface area contributed by atoms with Gasteiger partial charge in [0.25, 0.3) is 0 Å². The molecule has 0 spiro atoms. The molecule has 0 aliphatic rings. The largest absolute Gasteiger partial charge is 0.518 e. The molecule has 2 aromatic heterocycles. The summed E-state index contributed by atoms with van der Waals surface area (Å²) in [5.41, 5.74) is -6.39. The van der Waals surface area contributed by atoms with Crippen molar-refractivity contribution in [1.29, 1.82) is 0 Å². The third-order valence-electron chi connectivity index (χ3n) is 6.42. The fourth-order valence-corrected chi connectivity index (χ4v) is 4.54. The molecule has 0 amide bonds. The molecule has 2 heterocycles. The molecule has 4 aromatic carbocycles. The van der Waals surface area contributed by atoms with E-state index >= 15 is 0 Å². The predicted molar refractivity (Wildman–Crippen MR) is 133 cm³/mol. The average molecular weight is 784 g/mol. The molecular weight excluding hydrogens is 772 g/mol. The van der Waals surface area contributed by atoms with Gasteiger partial charge < -0.3 is 9.15 Å². The van der Waals surface area contributed by atoms with Crippen LogP contribution in [-0.2, 0) is 38.6 Å². The Morgan fingerprint density at radius 2 is 1.19 bits per heavy atom. The number of benzene rings is 4. The van der Waals surface area contributed by atoms with E-state index in [-0.39, 0.29) is 48.4 Å². The predicted octanol–water partition coefficient (Wildman–Crippen LogP) is 9.84. The van der Waals surface area contributed by atoms with E-state index in [2.05, 4.69) is 16.3 Å². The van der Waals surface area contributed by atoms with Crippen LogP contribution in [0, 0.1) is 6.07 Å². The second-order valence-corrected chi connectivity index (χ2v) is 9.14. The Hall–Kier alpha value is -4.16. The monoisotopic (exact) mass is 784 g/mol. The Balaban J connectivity index is 0.00000368. The molecule has 223 valence electrons. The van der Waals surface area contributed by atoms with Gasteiger partial charge >= 0.3 is 18.5 Å². The SMILES string of the molecule is FC(F)(F)c1cc(C(F)(F)F)c(C(F)(F)F)cc1Oc1nnc(-c2[c-]c3ccccc3o2)c2cc3ccccc3cc12.[Ir]. The molecule has 0 atom stereocenters. The number of halogens is 9. The Bertz CT molecular complexity index is 1960. The normalized spacial score (nSPS) is 12.6. The first-order valence-electron chi connectivity index (χ1n) is 11.9. The molecule has 6 aromatic rings. The van der Waals surface area contributed by atoms with Crippen LogP contribution in [0.3, 0.4) is 0 Å². The van der Waals surface area contributed by atoms with Crippen LogP contribution < -0.4 is 4.74 Å². The number of rotatable bonds is 3. The zero-order valence-electron chi connectivity index (χ0n) is 20.9. The van der Waals surface area contributed by atoms with Gasteiger partial charge in [0, 0.05) is 31.1 Å². The zero-order chi connectivity index (χ0) is 30.0. The second-order valence-electron chi connectivity index (χ2n) is 9.14. The average Bonchev–Trinajstić information content (AvgIpc) is 3.34. The van der Waals surface area contributed by atoms with E-state index in [0.717, 1.165) is 0 Å². The van der Waals surface area contributed by atoms with Gasteiger partial charge in [0.15, 0.2) is 0 Å². The van der Waals surface area contributed by atoms with Crippen LogP contribution in [0.2, 0.25) is 0 Å². The van der Waals surface area contributed by atoms with E-state index in [1.54, 1.807) is 54.6 Å². The van der Waals surface area contributed by atoms with E-state index in [4.69, 9.17) is 9.15 Å². The fourth-order valence-electron chi connectivity index (χ4n) is 4.54. The fraction of sp³-hybridized carbons (Fsp3) is 0.103. The molecule has 0 saturated carbocycles. The van der Waals surface area contributed by atoms with Crippen molar-refractivity contribution >= 4 is 32.5 Å². The molecule has 6 rings (SSSR count). The van der Waals surface area contributed by atoms with Gasteiger partial charge in [-0.3, -0.25) is 0 Å². The van der Waals surface area contributed by atoms with Crippen molar-refractivity contribution in [2.45, 2.75) is 18.5 Å². The van der Waals surface area contributed by atoms with E-state index < -0.39 is 52.9 Å². The Labute approximate surface area is 248 Å². The van der Waals surface area contributed by atoms with Crippen LogP contribution in [0.4, 0.5) is 39.5 Å². The van der Waals surface area contributed by atoms with Gasteiger partial charge in [0.05, 0.1) is 28.1 Å². The molecule has 0 aliphatic carbocycles. The molecule has 0 fully saturated rings. The maximum absolute atomic E-state index is 13.9. The zero-order valence-corrected chi connectivity index (χ0v) is 23.3. The summed E-state index contributed by atoms with van der Waals surface area (Å²) in [4.78, 5) is 0. The van der Waals surface area contributed by atoms with Gasteiger partial charge in [-0.1, -0.05) is 48.5 Å². The first-order valence-corrected chi connectivity index (χ1v) is 11.9. The van der Waals surface area contributed by atoms with Crippen molar-refractivity contribution in [3.63, 3.8) is 0 Å². The van der Waals surface area contributed by atoms with Crippen LogP contribution in [0.15, 0.2) is 77.2 Å². The second kappa shape index (κ2) is 10.5. The maximum Gasteiger partial charge on any atom is 0.420 e. The van der Waals surface area contributed by atoms with Gasteiger partial charge in [0.1, 0.15) is 5.75 Å². The number of alkyl halides is 9. The van der Waals surface area contributed by atoms with Crippen LogP contribution in [0.5, 0.6) is 11.6 Å². The van der Waals surface area contributed by atoms with E-state index in [9.17, 15) is 39.5 Å². The van der Waals surface area contributed by atoms with E-state index in [0.29, 0.717) is 21.7 Å². The van der Waals surface area contributed by atoms with Gasteiger partial charge in [0.2, 0.25) is 5.88 Å². The molecule has 0 bridgehead atoms. The number of nitrogens with zero attached hydrogens (tertiary/aromatic N) is 2. The van der Waals surface area contributed by atoms with Gasteiger partial charge in [-0.2, -0.15) is 44.6 Å². The summed E-state index contributed by atoms with van der Waals surface area (Å²) in [6.45, 7) is 0. The number of fused-ring (bicyclic) bond motifs is 3.